The number of benzene rings is 2. The van der Waals surface area contributed by atoms with Gasteiger partial charge in [-0.1, -0.05) is 18.2 Å². The Balaban J connectivity index is 0.00000120. The first-order valence-electron chi connectivity index (χ1n) is 5.55. The summed E-state index contributed by atoms with van der Waals surface area (Å²) in [5.74, 6) is 0.738. The maximum atomic E-state index is 4.56. The largest absolute Gasteiger partial charge is 0.281 e. The van der Waals surface area contributed by atoms with Crippen LogP contribution < -0.4 is 0 Å². The van der Waals surface area contributed by atoms with Crippen molar-refractivity contribution in [2.45, 2.75) is 6.92 Å². The third-order valence-corrected chi connectivity index (χ3v) is 2.74. The van der Waals surface area contributed by atoms with Gasteiger partial charge in [-0.05, 0) is 13.0 Å². The molecule has 91 valence electrons. The molecule has 0 unspecified atom stereocenters. The first kappa shape index (κ1) is 12.9. The molecule has 0 N–H and O–H groups in total. The van der Waals surface area contributed by atoms with Gasteiger partial charge < -0.3 is 0 Å². The van der Waals surface area contributed by atoms with E-state index >= 15 is 0 Å². The molecule has 3 heteroatoms. The molecule has 1 radical (unpaired) electrons. The molecule has 0 spiro atoms. The van der Waals surface area contributed by atoms with Crippen molar-refractivity contribution >= 4 is 10.9 Å². The van der Waals surface area contributed by atoms with Gasteiger partial charge in [0.1, 0.15) is 0 Å². The van der Waals surface area contributed by atoms with Crippen LogP contribution in [0, 0.1) is 13.0 Å². The van der Waals surface area contributed by atoms with Gasteiger partial charge in [0.2, 0.25) is 0 Å². The van der Waals surface area contributed by atoms with Crippen molar-refractivity contribution < 1.29 is 20.1 Å². The molecule has 2 nitrogen and oxygen atoms in total. The standard InChI is InChI=1S/C15H11N2.Ir/c1-11-13-9-5-6-10-14(13)17-15(16-11)12-7-3-2-4-8-12;/h2-7,9-10H,1H3;/q-1;. The summed E-state index contributed by atoms with van der Waals surface area (Å²) in [6, 6.07) is 19.0. The zero-order valence-corrected chi connectivity index (χ0v) is 12.2. The molecule has 0 aliphatic carbocycles. The number of para-hydroxylation sites is 1. The minimum Gasteiger partial charge on any atom is -0.281 e. The predicted octanol–water partition coefficient (Wildman–Crippen LogP) is 3.40. The van der Waals surface area contributed by atoms with E-state index in [1.807, 2.05) is 55.5 Å². The Kier molecular flexibility index (Phi) is 3.85. The van der Waals surface area contributed by atoms with Crippen molar-refractivity contribution in [3.63, 3.8) is 0 Å². The summed E-state index contributed by atoms with van der Waals surface area (Å²) in [4.78, 5) is 9.09. The molecule has 18 heavy (non-hydrogen) atoms. The Morgan fingerprint density at radius 3 is 2.50 bits per heavy atom. The van der Waals surface area contributed by atoms with Gasteiger partial charge in [-0.25, -0.2) is 0 Å². The fraction of sp³-hybridized carbons (Fsp3) is 0.0667. The van der Waals surface area contributed by atoms with Gasteiger partial charge in [-0.15, -0.1) is 35.9 Å². The quantitative estimate of drug-likeness (QED) is 0.574. The summed E-state index contributed by atoms with van der Waals surface area (Å²) in [5.41, 5.74) is 2.91. The number of aromatic nitrogens is 2. The Bertz CT molecular complexity index is 666. The molecule has 0 aliphatic heterocycles. The molecular weight excluding hydrogens is 400 g/mol. The summed E-state index contributed by atoms with van der Waals surface area (Å²) in [6.45, 7) is 2.01. The van der Waals surface area contributed by atoms with Crippen LogP contribution in [0.3, 0.4) is 0 Å². The summed E-state index contributed by atoms with van der Waals surface area (Å²) in [7, 11) is 0. The van der Waals surface area contributed by atoms with Crippen molar-refractivity contribution in [3.05, 3.63) is 60.3 Å². The second-order valence-corrected chi connectivity index (χ2v) is 3.93. The molecule has 3 aromatic rings. The Morgan fingerprint density at radius 1 is 0.944 bits per heavy atom. The van der Waals surface area contributed by atoms with Gasteiger partial charge in [-0.2, -0.15) is 0 Å². The molecule has 0 bridgehead atoms. The normalized spacial score (nSPS) is 10.1. The molecule has 0 atom stereocenters. The summed E-state index contributed by atoms with van der Waals surface area (Å²) in [6.07, 6.45) is 0. The van der Waals surface area contributed by atoms with Crippen molar-refractivity contribution in [1.82, 2.24) is 9.97 Å². The molecule has 2 aromatic carbocycles. The average molecular weight is 411 g/mol. The molecule has 1 heterocycles. The topological polar surface area (TPSA) is 25.8 Å². The van der Waals surface area contributed by atoms with Gasteiger partial charge in [0, 0.05) is 31.2 Å². The van der Waals surface area contributed by atoms with Crippen molar-refractivity contribution in [2.75, 3.05) is 0 Å². The zero-order chi connectivity index (χ0) is 11.7. The fourth-order valence-electron chi connectivity index (χ4n) is 1.89. The molecule has 0 saturated heterocycles. The number of hydrogen-bond acceptors (Lipinski definition) is 2. The second-order valence-electron chi connectivity index (χ2n) is 3.93. The summed E-state index contributed by atoms with van der Waals surface area (Å²) >= 11 is 0. The van der Waals surface area contributed by atoms with E-state index in [1.165, 1.54) is 0 Å². The van der Waals surface area contributed by atoms with Gasteiger partial charge in [0.15, 0.2) is 0 Å². The fourth-order valence-corrected chi connectivity index (χ4v) is 1.89. The third kappa shape index (κ3) is 2.33. The van der Waals surface area contributed by atoms with Crippen LogP contribution in [0.4, 0.5) is 0 Å². The minimum atomic E-state index is 0. The average Bonchev–Trinajstić information content (AvgIpc) is 2.40. The number of rotatable bonds is 1. The smallest absolute Gasteiger partial charge is 0.0759 e. The van der Waals surface area contributed by atoms with Gasteiger partial charge >= 0.3 is 0 Å². The molecule has 3 rings (SSSR count). The maximum Gasteiger partial charge on any atom is 0.0759 e. The van der Waals surface area contributed by atoms with Crippen LogP contribution in [-0.2, 0) is 20.1 Å². The Labute approximate surface area is 119 Å². The van der Waals surface area contributed by atoms with Crippen LogP contribution in [0.1, 0.15) is 5.69 Å². The number of hydrogen-bond donors (Lipinski definition) is 0. The van der Waals surface area contributed by atoms with Crippen LogP contribution in [0.5, 0.6) is 0 Å². The number of fused-ring (bicyclic) bond motifs is 1. The first-order valence-corrected chi connectivity index (χ1v) is 5.55. The Morgan fingerprint density at radius 2 is 1.72 bits per heavy atom. The molecule has 0 amide bonds. The van der Waals surface area contributed by atoms with E-state index in [0.29, 0.717) is 0 Å². The van der Waals surface area contributed by atoms with E-state index in [0.717, 1.165) is 28.0 Å². The van der Waals surface area contributed by atoms with E-state index in [-0.39, 0.29) is 20.1 Å². The van der Waals surface area contributed by atoms with E-state index < -0.39 is 0 Å². The molecule has 0 saturated carbocycles. The van der Waals surface area contributed by atoms with Crippen molar-refractivity contribution in [3.8, 4) is 11.4 Å². The number of nitrogens with zero attached hydrogens (tertiary/aromatic N) is 2. The van der Waals surface area contributed by atoms with E-state index in [1.54, 1.807) is 0 Å². The van der Waals surface area contributed by atoms with E-state index in [2.05, 4.69) is 16.0 Å². The van der Waals surface area contributed by atoms with E-state index in [9.17, 15) is 0 Å². The van der Waals surface area contributed by atoms with Crippen LogP contribution in [0.2, 0.25) is 0 Å². The first-order chi connectivity index (χ1) is 8.34. The van der Waals surface area contributed by atoms with Gasteiger partial charge in [0.25, 0.3) is 0 Å². The SMILES string of the molecule is Cc1nc(-c2[c-]cccc2)nc2ccccc12.[Ir]. The van der Waals surface area contributed by atoms with E-state index in [4.69, 9.17) is 0 Å². The molecule has 0 aliphatic rings. The van der Waals surface area contributed by atoms with Gasteiger partial charge in [0.05, 0.1) is 11.3 Å². The predicted molar refractivity (Wildman–Crippen MR) is 68.5 cm³/mol. The monoisotopic (exact) mass is 412 g/mol. The Hall–Kier alpha value is -1.57. The van der Waals surface area contributed by atoms with Gasteiger partial charge in [-0.3, -0.25) is 9.97 Å². The minimum absolute atomic E-state index is 0. The van der Waals surface area contributed by atoms with Crippen molar-refractivity contribution in [1.29, 1.82) is 0 Å². The molecular formula is C15H11IrN2-. The molecule has 1 aromatic heterocycles. The third-order valence-electron chi connectivity index (χ3n) is 2.74. The van der Waals surface area contributed by atoms with Crippen LogP contribution in [-0.4, -0.2) is 9.97 Å². The zero-order valence-electron chi connectivity index (χ0n) is 9.85. The van der Waals surface area contributed by atoms with Crippen LogP contribution in [0.15, 0.2) is 48.5 Å². The summed E-state index contributed by atoms with van der Waals surface area (Å²) < 4.78 is 0. The maximum absolute atomic E-state index is 4.56. The molecule has 0 fully saturated rings. The van der Waals surface area contributed by atoms with Crippen LogP contribution in [0.25, 0.3) is 22.3 Å². The second kappa shape index (κ2) is 5.38. The number of aryl methyl sites for hydroxylation is 1. The van der Waals surface area contributed by atoms with Crippen LogP contribution >= 0.6 is 0 Å². The summed E-state index contributed by atoms with van der Waals surface area (Å²) in [5, 5.41) is 1.10. The van der Waals surface area contributed by atoms with Crippen molar-refractivity contribution in [2.24, 2.45) is 0 Å².